The van der Waals surface area contributed by atoms with Crippen LogP contribution in [0.15, 0.2) is 18.2 Å². The van der Waals surface area contributed by atoms with Gasteiger partial charge in [-0.15, -0.1) is 0 Å². The zero-order valence-corrected chi connectivity index (χ0v) is 12.6. The normalized spacial score (nSPS) is 19.8. The maximum atomic E-state index is 10.7. The molecule has 5 nitrogen and oxygen atoms in total. The third kappa shape index (κ3) is 3.36. The van der Waals surface area contributed by atoms with E-state index < -0.39 is 5.97 Å². The molecule has 21 heavy (non-hydrogen) atoms. The summed E-state index contributed by atoms with van der Waals surface area (Å²) in [5.41, 5.74) is 4.19. The van der Waals surface area contributed by atoms with Gasteiger partial charge < -0.3 is 10.0 Å². The largest absolute Gasteiger partial charge is 0.480 e. The van der Waals surface area contributed by atoms with Gasteiger partial charge in [0.15, 0.2) is 0 Å². The lowest BCUT2D eigenvalue weighted by atomic mass is 10.1. The second-order valence-electron chi connectivity index (χ2n) is 6.08. The summed E-state index contributed by atoms with van der Waals surface area (Å²) >= 11 is 0. The van der Waals surface area contributed by atoms with Crippen LogP contribution in [-0.4, -0.2) is 67.2 Å². The molecular formula is C16H23N3O2. The molecule has 1 saturated heterocycles. The van der Waals surface area contributed by atoms with Crippen molar-refractivity contribution in [1.29, 1.82) is 0 Å². The van der Waals surface area contributed by atoms with Crippen LogP contribution in [0.5, 0.6) is 0 Å². The molecule has 0 aliphatic carbocycles. The molecule has 2 heterocycles. The van der Waals surface area contributed by atoms with Crippen LogP contribution >= 0.6 is 0 Å². The van der Waals surface area contributed by atoms with Crippen molar-refractivity contribution in [2.75, 3.05) is 51.2 Å². The lowest BCUT2D eigenvalue weighted by Gasteiger charge is -2.33. The number of hydrogen-bond acceptors (Lipinski definition) is 4. The van der Waals surface area contributed by atoms with Crippen molar-refractivity contribution in [3.63, 3.8) is 0 Å². The van der Waals surface area contributed by atoms with Crippen LogP contribution in [0.3, 0.4) is 0 Å². The highest BCUT2D eigenvalue weighted by Crippen LogP contribution is 2.27. The number of carboxylic acid groups (broad SMARTS) is 1. The molecule has 0 radical (unpaired) electrons. The number of likely N-dealkylation sites (N-methyl/N-ethyl adjacent to an activating group) is 1. The van der Waals surface area contributed by atoms with E-state index in [-0.39, 0.29) is 6.54 Å². The predicted molar refractivity (Wildman–Crippen MR) is 82.8 cm³/mol. The molecule has 1 fully saturated rings. The number of nitrogens with zero attached hydrogens (tertiary/aromatic N) is 3. The number of fused-ring (bicyclic) bond motifs is 1. The predicted octanol–water partition coefficient (Wildman–Crippen LogP) is 0.881. The van der Waals surface area contributed by atoms with Crippen molar-refractivity contribution < 1.29 is 9.90 Å². The van der Waals surface area contributed by atoms with Crippen LogP contribution in [0, 0.1) is 0 Å². The van der Waals surface area contributed by atoms with Gasteiger partial charge in [0.05, 0.1) is 6.54 Å². The van der Waals surface area contributed by atoms with Gasteiger partial charge in [-0.25, -0.2) is 0 Å². The summed E-state index contributed by atoms with van der Waals surface area (Å²) in [6, 6.07) is 6.80. The van der Waals surface area contributed by atoms with E-state index >= 15 is 0 Å². The van der Waals surface area contributed by atoms with Crippen molar-refractivity contribution in [3.8, 4) is 0 Å². The number of benzene rings is 1. The fraction of sp³-hybridized carbons (Fsp3) is 0.562. The van der Waals surface area contributed by atoms with Crippen LogP contribution in [0.4, 0.5) is 5.69 Å². The number of carbonyl (C=O) groups is 1. The number of hydrogen-bond donors (Lipinski definition) is 1. The van der Waals surface area contributed by atoms with Crippen molar-refractivity contribution in [3.05, 3.63) is 29.3 Å². The lowest BCUT2D eigenvalue weighted by Crippen LogP contribution is -2.47. The van der Waals surface area contributed by atoms with Gasteiger partial charge in [0, 0.05) is 52.0 Å². The molecule has 114 valence electrons. The first kappa shape index (κ1) is 14.4. The maximum Gasteiger partial charge on any atom is 0.317 e. The van der Waals surface area contributed by atoms with E-state index in [0.29, 0.717) is 0 Å². The minimum absolute atomic E-state index is 0.166. The van der Waals surface area contributed by atoms with Crippen LogP contribution in [0.1, 0.15) is 11.1 Å². The van der Waals surface area contributed by atoms with Crippen LogP contribution < -0.4 is 4.90 Å². The van der Waals surface area contributed by atoms with Crippen molar-refractivity contribution in [1.82, 2.24) is 9.80 Å². The lowest BCUT2D eigenvalue weighted by molar-refractivity contribution is -0.138. The SMILES string of the molecule is CN1CCc2cc(CN3CCN(CC(=O)O)CC3)ccc21. The van der Waals surface area contributed by atoms with Gasteiger partial charge in [-0.1, -0.05) is 12.1 Å². The molecule has 1 aromatic carbocycles. The molecule has 0 aromatic heterocycles. The summed E-state index contributed by atoms with van der Waals surface area (Å²) in [7, 11) is 2.15. The zero-order chi connectivity index (χ0) is 14.8. The summed E-state index contributed by atoms with van der Waals surface area (Å²) in [4.78, 5) is 17.5. The van der Waals surface area contributed by atoms with E-state index in [9.17, 15) is 4.79 Å². The quantitative estimate of drug-likeness (QED) is 0.891. The van der Waals surface area contributed by atoms with Gasteiger partial charge >= 0.3 is 5.97 Å². The molecular weight excluding hydrogens is 266 g/mol. The van der Waals surface area contributed by atoms with Gasteiger partial charge in [-0.3, -0.25) is 14.6 Å². The highest BCUT2D eigenvalue weighted by atomic mass is 16.4. The first-order chi connectivity index (χ1) is 10.1. The molecule has 0 unspecified atom stereocenters. The monoisotopic (exact) mass is 289 g/mol. The molecule has 1 N–H and O–H groups in total. The van der Waals surface area contributed by atoms with Crippen molar-refractivity contribution in [2.24, 2.45) is 0 Å². The first-order valence-corrected chi connectivity index (χ1v) is 7.61. The standard InChI is InChI=1S/C16H23N3O2/c1-17-5-4-14-10-13(2-3-15(14)17)11-18-6-8-19(9-7-18)12-16(20)21/h2-3,10H,4-9,11-12H2,1H3,(H,20,21). The summed E-state index contributed by atoms with van der Waals surface area (Å²) in [6.45, 7) is 5.85. The third-order valence-electron chi connectivity index (χ3n) is 4.50. The van der Waals surface area contributed by atoms with E-state index in [1.54, 1.807) is 0 Å². The molecule has 0 atom stereocenters. The van der Waals surface area contributed by atoms with Gasteiger partial charge in [-0.05, 0) is 23.6 Å². The van der Waals surface area contributed by atoms with E-state index in [0.717, 1.165) is 45.7 Å². The van der Waals surface area contributed by atoms with E-state index in [1.165, 1.54) is 16.8 Å². The van der Waals surface area contributed by atoms with Crippen molar-refractivity contribution in [2.45, 2.75) is 13.0 Å². The Balaban J connectivity index is 1.55. The smallest absolute Gasteiger partial charge is 0.317 e. The number of carboxylic acids is 1. The minimum atomic E-state index is -0.730. The minimum Gasteiger partial charge on any atom is -0.480 e. The highest BCUT2D eigenvalue weighted by molar-refractivity contribution is 5.69. The number of anilines is 1. The molecule has 5 heteroatoms. The summed E-state index contributed by atoms with van der Waals surface area (Å²) in [6.07, 6.45) is 1.14. The topological polar surface area (TPSA) is 47.0 Å². The Morgan fingerprint density at radius 1 is 1.14 bits per heavy atom. The average Bonchev–Trinajstić information content (AvgIpc) is 2.82. The number of piperazine rings is 1. The molecule has 2 aliphatic rings. The summed E-state index contributed by atoms with van der Waals surface area (Å²) in [5.74, 6) is -0.730. The first-order valence-electron chi connectivity index (χ1n) is 7.61. The van der Waals surface area contributed by atoms with Crippen LogP contribution in [0.2, 0.25) is 0 Å². The Morgan fingerprint density at radius 2 is 1.86 bits per heavy atom. The fourth-order valence-electron chi connectivity index (χ4n) is 3.27. The van der Waals surface area contributed by atoms with Gasteiger partial charge in [0.25, 0.3) is 0 Å². The van der Waals surface area contributed by atoms with E-state index in [1.807, 2.05) is 4.90 Å². The Hall–Kier alpha value is -1.59. The Bertz CT molecular complexity index is 524. The average molecular weight is 289 g/mol. The zero-order valence-electron chi connectivity index (χ0n) is 12.6. The molecule has 2 aliphatic heterocycles. The van der Waals surface area contributed by atoms with Crippen LogP contribution in [-0.2, 0) is 17.8 Å². The van der Waals surface area contributed by atoms with Crippen LogP contribution in [0.25, 0.3) is 0 Å². The van der Waals surface area contributed by atoms with E-state index in [2.05, 4.69) is 35.0 Å². The summed E-state index contributed by atoms with van der Waals surface area (Å²) in [5, 5.41) is 8.82. The molecule has 0 amide bonds. The molecule has 0 saturated carbocycles. The van der Waals surface area contributed by atoms with Crippen molar-refractivity contribution >= 4 is 11.7 Å². The molecule has 3 rings (SSSR count). The highest BCUT2D eigenvalue weighted by Gasteiger charge is 2.20. The van der Waals surface area contributed by atoms with E-state index in [4.69, 9.17) is 5.11 Å². The summed E-state index contributed by atoms with van der Waals surface area (Å²) < 4.78 is 0. The maximum absolute atomic E-state index is 10.7. The Kier molecular flexibility index (Phi) is 4.12. The Morgan fingerprint density at radius 3 is 2.57 bits per heavy atom. The third-order valence-corrected chi connectivity index (χ3v) is 4.50. The molecule has 1 aromatic rings. The Labute approximate surface area is 125 Å². The van der Waals surface area contributed by atoms with Gasteiger partial charge in [-0.2, -0.15) is 0 Å². The molecule has 0 spiro atoms. The second kappa shape index (κ2) is 6.03. The molecule has 0 bridgehead atoms. The second-order valence-corrected chi connectivity index (χ2v) is 6.08. The van der Waals surface area contributed by atoms with Gasteiger partial charge in [0.1, 0.15) is 0 Å². The fourth-order valence-corrected chi connectivity index (χ4v) is 3.27. The van der Waals surface area contributed by atoms with Gasteiger partial charge in [0.2, 0.25) is 0 Å². The number of aliphatic carboxylic acids is 1. The number of rotatable bonds is 4.